The number of nitrogens with zero attached hydrogens (tertiary/aromatic N) is 1. The molecule has 0 amide bonds. The van der Waals surface area contributed by atoms with Crippen molar-refractivity contribution in [2.24, 2.45) is 0 Å². The Labute approximate surface area is 238 Å². The van der Waals surface area contributed by atoms with Crippen LogP contribution in [0.3, 0.4) is 0 Å². The number of aromatic nitrogens is 1. The molecule has 0 bridgehead atoms. The predicted octanol–water partition coefficient (Wildman–Crippen LogP) is 8.01. The van der Waals surface area contributed by atoms with Crippen LogP contribution in [0.15, 0.2) is 47.4 Å². The van der Waals surface area contributed by atoms with Gasteiger partial charge in [0, 0.05) is 31.5 Å². The molecule has 1 aromatic heterocycles. The molecule has 0 atom stereocenters. The predicted molar refractivity (Wildman–Crippen MR) is 165 cm³/mol. The Hall–Kier alpha value is -2.11. The molecule has 39 heavy (non-hydrogen) atoms. The maximum atomic E-state index is 12.7. The van der Waals surface area contributed by atoms with Gasteiger partial charge in [-0.05, 0) is 24.9 Å². The van der Waals surface area contributed by atoms with Crippen molar-refractivity contribution in [2.45, 2.75) is 129 Å². The number of rotatable bonds is 25. The minimum Gasteiger partial charge on any atom is -0.488 e. The first-order chi connectivity index (χ1) is 19.2. The summed E-state index contributed by atoms with van der Waals surface area (Å²) in [6, 6.07) is 12.0. The van der Waals surface area contributed by atoms with Crippen molar-refractivity contribution in [1.29, 1.82) is 0 Å². The molecule has 220 valence electrons. The highest BCUT2D eigenvalue weighted by atomic mass is 16.5. The molecule has 5 heteroatoms. The molecule has 0 radical (unpaired) electrons. The molecule has 0 fully saturated rings. The summed E-state index contributed by atoms with van der Waals surface area (Å²) < 4.78 is 8.05. The lowest BCUT2D eigenvalue weighted by molar-refractivity contribution is 0.285. The largest absolute Gasteiger partial charge is 0.488 e. The molecule has 2 N–H and O–H groups in total. The summed E-state index contributed by atoms with van der Waals surface area (Å²) in [6.45, 7) is 5.02. The van der Waals surface area contributed by atoms with Crippen molar-refractivity contribution in [1.82, 2.24) is 9.88 Å². The zero-order chi connectivity index (χ0) is 27.8. The average molecular weight is 541 g/mol. The van der Waals surface area contributed by atoms with E-state index in [4.69, 9.17) is 9.84 Å². The molecule has 0 aliphatic heterocycles. The van der Waals surface area contributed by atoms with Crippen molar-refractivity contribution in [3.05, 3.63) is 64.1 Å². The van der Waals surface area contributed by atoms with Gasteiger partial charge in [-0.1, -0.05) is 134 Å². The minimum absolute atomic E-state index is 0.0604. The first-order valence-corrected chi connectivity index (χ1v) is 16.0. The van der Waals surface area contributed by atoms with Crippen LogP contribution in [0.1, 0.15) is 127 Å². The van der Waals surface area contributed by atoms with E-state index in [1.165, 1.54) is 95.5 Å². The molecule has 0 aliphatic carbocycles. The van der Waals surface area contributed by atoms with E-state index >= 15 is 0 Å². The number of nitrogens with one attached hydrogen (secondary N) is 1. The second kappa shape index (κ2) is 22.7. The Morgan fingerprint density at radius 1 is 0.769 bits per heavy atom. The van der Waals surface area contributed by atoms with Gasteiger partial charge in [-0.2, -0.15) is 0 Å². The molecule has 1 aromatic carbocycles. The molecule has 2 aromatic rings. The standard InChI is InChI=1S/C34H56N2O3/c1-2-3-4-5-6-7-8-9-10-11-12-13-14-15-16-20-26-39-34-30-36(29-31-22-18-17-19-23-31)32(27-33(34)38)28-35-24-21-25-37/h17-19,22-23,27,30,35,37H,2-16,20-21,24-26,28-29H2,1H3. The fraction of sp³-hybridized carbons (Fsp3) is 0.676. The number of pyridine rings is 1. The highest BCUT2D eigenvalue weighted by Crippen LogP contribution is 2.15. The van der Waals surface area contributed by atoms with Crippen LogP contribution in [-0.4, -0.2) is 29.4 Å². The lowest BCUT2D eigenvalue weighted by atomic mass is 10.0. The van der Waals surface area contributed by atoms with Crippen molar-refractivity contribution in [3.8, 4) is 5.75 Å². The monoisotopic (exact) mass is 540 g/mol. The highest BCUT2D eigenvalue weighted by Gasteiger charge is 2.09. The van der Waals surface area contributed by atoms with Crippen molar-refractivity contribution in [2.75, 3.05) is 19.8 Å². The summed E-state index contributed by atoms with van der Waals surface area (Å²) in [5.74, 6) is 0.436. The van der Waals surface area contributed by atoms with Gasteiger partial charge in [0.15, 0.2) is 5.75 Å². The molecule has 1 heterocycles. The minimum atomic E-state index is -0.0604. The van der Waals surface area contributed by atoms with Crippen LogP contribution in [0.5, 0.6) is 5.75 Å². The summed E-state index contributed by atoms with van der Waals surface area (Å²) in [5.41, 5.74) is 2.05. The lowest BCUT2D eigenvalue weighted by Crippen LogP contribution is -2.23. The summed E-state index contributed by atoms with van der Waals surface area (Å²) in [4.78, 5) is 12.7. The Morgan fingerprint density at radius 2 is 1.33 bits per heavy atom. The third-order valence-electron chi connectivity index (χ3n) is 7.45. The fourth-order valence-electron chi connectivity index (χ4n) is 5.03. The first-order valence-electron chi connectivity index (χ1n) is 16.0. The number of hydrogen-bond donors (Lipinski definition) is 2. The molecule has 0 aliphatic rings. The number of unbranched alkanes of at least 4 members (excludes halogenated alkanes) is 15. The molecule has 5 nitrogen and oxygen atoms in total. The van der Waals surface area contributed by atoms with E-state index in [0.29, 0.717) is 38.4 Å². The summed E-state index contributed by atoms with van der Waals surface area (Å²) in [5, 5.41) is 12.3. The molecule has 2 rings (SSSR count). The number of benzene rings is 1. The van der Waals surface area contributed by atoms with E-state index in [-0.39, 0.29) is 12.0 Å². The molecule has 0 unspecified atom stereocenters. The second-order valence-corrected chi connectivity index (χ2v) is 11.0. The van der Waals surface area contributed by atoms with Gasteiger partial charge in [0.1, 0.15) is 0 Å². The van der Waals surface area contributed by atoms with Gasteiger partial charge in [0.25, 0.3) is 0 Å². The van der Waals surface area contributed by atoms with Gasteiger partial charge in [0.2, 0.25) is 5.43 Å². The second-order valence-electron chi connectivity index (χ2n) is 11.0. The molecule has 0 saturated heterocycles. The summed E-state index contributed by atoms with van der Waals surface area (Å²) in [6.07, 6.45) is 24.1. The van der Waals surface area contributed by atoms with Gasteiger partial charge in [0.05, 0.1) is 12.8 Å². The van der Waals surface area contributed by atoms with Gasteiger partial charge in [-0.15, -0.1) is 0 Å². The molecule has 0 spiro atoms. The van der Waals surface area contributed by atoms with E-state index in [0.717, 1.165) is 18.5 Å². The van der Waals surface area contributed by atoms with Gasteiger partial charge < -0.3 is 19.7 Å². The Balaban J connectivity index is 1.60. The van der Waals surface area contributed by atoms with Crippen LogP contribution in [0.4, 0.5) is 0 Å². The van der Waals surface area contributed by atoms with Crippen LogP contribution in [0.2, 0.25) is 0 Å². The van der Waals surface area contributed by atoms with E-state index in [1.807, 2.05) is 24.4 Å². The Bertz CT molecular complexity index is 897. The zero-order valence-corrected chi connectivity index (χ0v) is 24.8. The van der Waals surface area contributed by atoms with Crippen LogP contribution in [-0.2, 0) is 13.1 Å². The number of aliphatic hydroxyl groups is 1. The lowest BCUT2D eigenvalue weighted by Gasteiger charge is -2.16. The van der Waals surface area contributed by atoms with Gasteiger partial charge >= 0.3 is 0 Å². The van der Waals surface area contributed by atoms with Gasteiger partial charge in [-0.25, -0.2) is 0 Å². The number of hydrogen-bond acceptors (Lipinski definition) is 4. The normalized spacial score (nSPS) is 11.2. The number of ether oxygens (including phenoxy) is 1. The molecule has 0 saturated carbocycles. The smallest absolute Gasteiger partial charge is 0.223 e. The highest BCUT2D eigenvalue weighted by molar-refractivity contribution is 5.24. The summed E-state index contributed by atoms with van der Waals surface area (Å²) >= 11 is 0. The Kier molecular flexibility index (Phi) is 19.2. The molecular formula is C34H56N2O3. The van der Waals surface area contributed by atoms with E-state index in [2.05, 4.69) is 28.9 Å². The van der Waals surface area contributed by atoms with Gasteiger partial charge in [-0.3, -0.25) is 4.79 Å². The van der Waals surface area contributed by atoms with Crippen LogP contribution >= 0.6 is 0 Å². The SMILES string of the molecule is CCCCCCCCCCCCCCCCCCOc1cn(Cc2ccccc2)c(CNCCCO)cc1=O. The van der Waals surface area contributed by atoms with Crippen molar-refractivity contribution < 1.29 is 9.84 Å². The topological polar surface area (TPSA) is 63.5 Å². The maximum Gasteiger partial charge on any atom is 0.223 e. The third-order valence-corrected chi connectivity index (χ3v) is 7.45. The van der Waals surface area contributed by atoms with Crippen molar-refractivity contribution in [3.63, 3.8) is 0 Å². The van der Waals surface area contributed by atoms with E-state index < -0.39 is 0 Å². The van der Waals surface area contributed by atoms with Crippen LogP contribution in [0.25, 0.3) is 0 Å². The van der Waals surface area contributed by atoms with E-state index in [9.17, 15) is 4.79 Å². The maximum absolute atomic E-state index is 12.7. The quantitative estimate of drug-likeness (QED) is 0.125. The summed E-state index contributed by atoms with van der Waals surface area (Å²) in [7, 11) is 0. The Morgan fingerprint density at radius 3 is 1.90 bits per heavy atom. The zero-order valence-electron chi connectivity index (χ0n) is 24.8. The van der Waals surface area contributed by atoms with Crippen LogP contribution in [0, 0.1) is 0 Å². The first kappa shape index (κ1) is 33.1. The van der Waals surface area contributed by atoms with Crippen LogP contribution < -0.4 is 15.5 Å². The van der Waals surface area contributed by atoms with E-state index in [1.54, 1.807) is 6.07 Å². The fourth-order valence-corrected chi connectivity index (χ4v) is 5.03. The third kappa shape index (κ3) is 15.9. The number of aliphatic hydroxyl groups excluding tert-OH is 1. The molecular weight excluding hydrogens is 484 g/mol. The average Bonchev–Trinajstić information content (AvgIpc) is 2.95. The van der Waals surface area contributed by atoms with Crippen molar-refractivity contribution >= 4 is 0 Å².